The molecule has 540 valence electrons. The summed E-state index contributed by atoms with van der Waals surface area (Å²) in [6, 6.07) is 40.2. The summed E-state index contributed by atoms with van der Waals surface area (Å²) in [6.45, 7) is 64.7. The predicted octanol–water partition coefficient (Wildman–Crippen LogP) is 31.3. The van der Waals surface area contributed by atoms with Crippen LogP contribution in [0.25, 0.3) is 0 Å². The number of ether oxygens (including phenoxy) is 1. The van der Waals surface area contributed by atoms with E-state index >= 15 is 0 Å². The Morgan fingerprint density at radius 2 is 0.619 bits per heavy atom. The number of hydrogen-bond donors (Lipinski definition) is 0. The number of methoxy groups -OCH3 is 1. The lowest BCUT2D eigenvalue weighted by molar-refractivity contribution is -0.137. The molecule has 0 spiro atoms. The Balaban J connectivity index is 0.000000567. The zero-order valence-corrected chi connectivity index (χ0v) is 67.4. The first-order valence-electron chi connectivity index (χ1n) is 36.0. The van der Waals surface area contributed by atoms with Crippen molar-refractivity contribution in [2.45, 2.75) is 303 Å². The summed E-state index contributed by atoms with van der Waals surface area (Å²) in [4.78, 5) is 0. The van der Waals surface area contributed by atoms with E-state index in [2.05, 4.69) is 215 Å². The van der Waals surface area contributed by atoms with Gasteiger partial charge in [-0.05, 0) is 221 Å². The molecule has 0 aliphatic carbocycles. The van der Waals surface area contributed by atoms with Gasteiger partial charge in [-0.15, -0.1) is 0 Å². The van der Waals surface area contributed by atoms with E-state index in [-0.39, 0.29) is 29.4 Å². The van der Waals surface area contributed by atoms with E-state index < -0.39 is 11.7 Å². The van der Waals surface area contributed by atoms with E-state index in [1.54, 1.807) is 37.4 Å². The Morgan fingerprint density at radius 3 is 0.979 bits per heavy atom. The van der Waals surface area contributed by atoms with Crippen LogP contribution in [0.15, 0.2) is 127 Å². The second-order valence-electron chi connectivity index (χ2n) is 30.5. The van der Waals surface area contributed by atoms with Gasteiger partial charge >= 0.3 is 6.18 Å². The standard InChI is InChI=1S/C15H24.C13H17F3.C13H20O.2C12H17Cl.2C12H17F/c1-10(2)13-7-8-14(11(3)4)15(9-13)12(5)6;1-8(2)11-6-5-10(13(14,15)16)7-12(11)9(3)4;1-9(2)11-7-6-8-12(14-5)13(11)10(3)4;1-8(2)11-6-5-10(13)7-12(11)9(3)4;1-8(2)10-6-5-7-11(13)12(10)9(3)4;1-8(2)11-6-5-10(13)7-12(11)9(3)4;1-8(2)10-6-5-7-11(13)12(10)9(3)4/h7-12H,1-6H3;5-9H,1-4H3;6-10H,1-5H3;4*5-9H,1-4H3. The van der Waals surface area contributed by atoms with Crippen molar-refractivity contribution in [1.29, 1.82) is 0 Å². The lowest BCUT2D eigenvalue weighted by Gasteiger charge is -2.18. The Hall–Kier alpha value is -5.43. The first-order valence-corrected chi connectivity index (χ1v) is 36.8. The molecule has 0 aliphatic heterocycles. The largest absolute Gasteiger partial charge is 0.496 e. The van der Waals surface area contributed by atoms with Crippen molar-refractivity contribution in [2.24, 2.45) is 0 Å². The molecule has 0 unspecified atom stereocenters. The number of rotatable bonds is 16. The second-order valence-corrected chi connectivity index (χ2v) is 31.4. The van der Waals surface area contributed by atoms with Gasteiger partial charge in [-0.3, -0.25) is 0 Å². The van der Waals surface area contributed by atoms with Crippen LogP contribution in [0.3, 0.4) is 0 Å². The van der Waals surface area contributed by atoms with Crippen molar-refractivity contribution in [3.05, 3.63) is 238 Å². The Labute approximate surface area is 600 Å². The summed E-state index contributed by atoms with van der Waals surface area (Å²) in [5.74, 6) is 7.85. The maximum Gasteiger partial charge on any atom is 0.416 e. The van der Waals surface area contributed by atoms with E-state index in [4.69, 9.17) is 27.9 Å². The van der Waals surface area contributed by atoms with Crippen LogP contribution in [0.2, 0.25) is 10.0 Å². The first-order chi connectivity index (χ1) is 44.8. The molecule has 0 saturated carbocycles. The van der Waals surface area contributed by atoms with Gasteiger partial charge in [-0.25, -0.2) is 8.78 Å². The molecule has 8 heteroatoms. The topological polar surface area (TPSA) is 9.23 Å². The van der Waals surface area contributed by atoms with Gasteiger partial charge in [0.15, 0.2) is 0 Å². The van der Waals surface area contributed by atoms with Crippen molar-refractivity contribution < 1.29 is 26.7 Å². The summed E-state index contributed by atoms with van der Waals surface area (Å²) < 4.78 is 69.5. The molecule has 0 radical (unpaired) electrons. The number of alkyl halides is 3. The van der Waals surface area contributed by atoms with Crippen LogP contribution in [-0.2, 0) is 6.18 Å². The monoisotopic (exact) mass is 1380 g/mol. The SMILES string of the molecule is CC(C)c1ccc(C(C)C)c(C(C)C)c1.CC(C)c1ccc(C(F)(F)F)cc1C(C)C.CC(C)c1ccc(Cl)cc1C(C)C.CC(C)c1ccc(F)cc1C(C)C.CC(C)c1cccc(Cl)c1C(C)C.CC(C)c1cccc(F)c1C(C)C.COc1cccc(C(C)C)c1C(C)C. The molecule has 0 N–H and O–H groups in total. The highest BCUT2D eigenvalue weighted by Gasteiger charge is 2.31. The highest BCUT2D eigenvalue weighted by atomic mass is 35.5. The van der Waals surface area contributed by atoms with Crippen molar-refractivity contribution >= 4 is 23.2 Å². The third-order valence-corrected chi connectivity index (χ3v) is 17.9. The van der Waals surface area contributed by atoms with Crippen molar-refractivity contribution in [2.75, 3.05) is 7.11 Å². The molecule has 0 saturated heterocycles. The normalized spacial score (nSPS) is 11.6. The molecule has 0 fully saturated rings. The van der Waals surface area contributed by atoms with Gasteiger partial charge < -0.3 is 4.74 Å². The van der Waals surface area contributed by atoms with Crippen LogP contribution in [-0.4, -0.2) is 7.11 Å². The third-order valence-electron chi connectivity index (χ3n) is 17.4. The average molecular weight is 1380 g/mol. The van der Waals surface area contributed by atoms with Gasteiger partial charge in [0.2, 0.25) is 0 Å². The van der Waals surface area contributed by atoms with Gasteiger partial charge in [0.25, 0.3) is 0 Å². The minimum Gasteiger partial charge on any atom is -0.496 e. The van der Waals surface area contributed by atoms with Crippen LogP contribution in [0.5, 0.6) is 5.75 Å². The van der Waals surface area contributed by atoms with Crippen molar-refractivity contribution in [3.63, 3.8) is 0 Å². The smallest absolute Gasteiger partial charge is 0.416 e. The maximum absolute atomic E-state index is 13.5. The van der Waals surface area contributed by atoms with Crippen LogP contribution in [0.4, 0.5) is 22.0 Å². The molecule has 0 atom stereocenters. The van der Waals surface area contributed by atoms with Gasteiger partial charge in [0, 0.05) is 15.6 Å². The molecule has 7 aromatic rings. The number of hydrogen-bond acceptors (Lipinski definition) is 1. The van der Waals surface area contributed by atoms with E-state index in [1.165, 1.54) is 67.8 Å². The Morgan fingerprint density at radius 1 is 0.289 bits per heavy atom. The summed E-state index contributed by atoms with van der Waals surface area (Å²) in [5, 5.41) is 1.74. The highest BCUT2D eigenvalue weighted by Crippen LogP contribution is 2.38. The van der Waals surface area contributed by atoms with Gasteiger partial charge in [-0.1, -0.05) is 304 Å². The quantitative estimate of drug-likeness (QED) is 0.0876. The van der Waals surface area contributed by atoms with E-state index in [0.29, 0.717) is 71.0 Å². The first kappa shape index (κ1) is 89.6. The highest BCUT2D eigenvalue weighted by molar-refractivity contribution is 6.31. The van der Waals surface area contributed by atoms with E-state index in [1.807, 2.05) is 77.9 Å². The minimum atomic E-state index is -4.25. The molecule has 0 heterocycles. The van der Waals surface area contributed by atoms with Gasteiger partial charge in [-0.2, -0.15) is 13.2 Å². The Kier molecular flexibility index (Phi) is 39.4. The molecule has 97 heavy (non-hydrogen) atoms. The fourth-order valence-electron chi connectivity index (χ4n) is 12.1. The summed E-state index contributed by atoms with van der Waals surface area (Å²) in [7, 11) is 1.74. The number of benzene rings is 7. The molecule has 7 aromatic carbocycles. The summed E-state index contributed by atoms with van der Waals surface area (Å²) in [6.07, 6.45) is -4.25. The Bertz CT molecular complexity index is 3270. The zero-order chi connectivity index (χ0) is 74.8. The van der Waals surface area contributed by atoms with Crippen molar-refractivity contribution in [1.82, 2.24) is 0 Å². The molecular weight excluding hydrogens is 1250 g/mol. The molecule has 7 rings (SSSR count). The van der Waals surface area contributed by atoms with Crippen LogP contribution >= 0.6 is 23.2 Å². The minimum absolute atomic E-state index is 0.0683. The average Bonchev–Trinajstić information content (AvgIpc) is 0.843. The van der Waals surface area contributed by atoms with Crippen LogP contribution < -0.4 is 4.74 Å². The molecule has 0 aliphatic rings. The lowest BCUT2D eigenvalue weighted by atomic mass is 9.87. The summed E-state index contributed by atoms with van der Waals surface area (Å²) >= 11 is 12.1. The van der Waals surface area contributed by atoms with Gasteiger partial charge in [0.05, 0.1) is 12.7 Å². The molecule has 0 aromatic heterocycles. The molecule has 0 amide bonds. The van der Waals surface area contributed by atoms with Crippen LogP contribution in [0.1, 0.15) is 385 Å². The van der Waals surface area contributed by atoms with Crippen LogP contribution in [0, 0.1) is 11.6 Å². The summed E-state index contributed by atoms with van der Waals surface area (Å²) in [5.41, 5.74) is 18.4. The molecular formula is C89H129Cl2F5O. The fraction of sp³-hybridized carbons (Fsp3) is 0.528. The van der Waals surface area contributed by atoms with E-state index in [9.17, 15) is 22.0 Å². The van der Waals surface area contributed by atoms with E-state index in [0.717, 1.165) is 43.6 Å². The predicted molar refractivity (Wildman–Crippen MR) is 418 cm³/mol. The number of halogens is 7. The lowest BCUT2D eigenvalue weighted by Crippen LogP contribution is -2.08. The second kappa shape index (κ2) is 42.6. The maximum atomic E-state index is 13.5. The van der Waals surface area contributed by atoms with Crippen molar-refractivity contribution in [3.8, 4) is 5.75 Å². The molecule has 0 bridgehead atoms. The third kappa shape index (κ3) is 29.0. The fourth-order valence-corrected chi connectivity index (χ4v) is 12.7. The van der Waals surface area contributed by atoms with Gasteiger partial charge in [0.1, 0.15) is 17.4 Å². The molecule has 1 nitrogen and oxygen atoms in total. The zero-order valence-electron chi connectivity index (χ0n) is 65.8.